The van der Waals surface area contributed by atoms with E-state index < -0.39 is 11.8 Å². The van der Waals surface area contributed by atoms with Crippen molar-refractivity contribution < 1.29 is 9.18 Å². The number of hydrogen-bond donors (Lipinski definition) is 0. The predicted octanol–water partition coefficient (Wildman–Crippen LogP) is 4.97. The number of rotatable bonds is 2. The van der Waals surface area contributed by atoms with Crippen LogP contribution in [0.25, 0.3) is 11.3 Å². The van der Waals surface area contributed by atoms with Crippen molar-refractivity contribution in [3.63, 3.8) is 0 Å². The fourth-order valence-corrected chi connectivity index (χ4v) is 2.31. The molecule has 0 aliphatic rings. The topological polar surface area (TPSA) is 38.1 Å². The van der Waals surface area contributed by atoms with Crippen molar-refractivity contribution in [3.8, 4) is 11.3 Å². The zero-order chi connectivity index (χ0) is 16.4. The van der Waals surface area contributed by atoms with Crippen molar-refractivity contribution in [1.82, 2.24) is 9.55 Å². The smallest absolute Gasteiger partial charge is 0.256 e. The van der Waals surface area contributed by atoms with Gasteiger partial charge in [-0.25, -0.2) is 18.6 Å². The highest BCUT2D eigenvalue weighted by Crippen LogP contribution is 2.22. The second-order valence-corrected chi connectivity index (χ2v) is 5.49. The summed E-state index contributed by atoms with van der Waals surface area (Å²) in [6.45, 7) is 0. The summed E-state index contributed by atoms with van der Waals surface area (Å²) in [5.41, 5.74) is 1.79. The van der Waals surface area contributed by atoms with Crippen LogP contribution in [0.3, 0.4) is 0 Å². The third-order valence-corrected chi connectivity index (χ3v) is 3.76. The molecule has 0 saturated heterocycles. The summed E-state index contributed by atoms with van der Waals surface area (Å²) in [7, 11) is 0. The number of imidazole rings is 1. The number of benzene rings is 2. The largest absolute Gasteiger partial charge is 0.348 e. The van der Waals surface area contributed by atoms with Gasteiger partial charge < -0.3 is 0 Å². The predicted molar refractivity (Wildman–Crippen MR) is 88.2 cm³/mol. The molecule has 0 fully saturated rings. The lowest BCUT2D eigenvalue weighted by Crippen LogP contribution is -2.25. The summed E-state index contributed by atoms with van der Waals surface area (Å²) in [6, 6.07) is 11.8. The summed E-state index contributed by atoms with van der Waals surface area (Å²) in [4.78, 5) is 16.5. The molecule has 116 valence electrons. The van der Waals surface area contributed by atoms with Crippen LogP contribution in [0.15, 0.2) is 61.1 Å². The molecule has 3 rings (SSSR count). The van der Waals surface area contributed by atoms with Gasteiger partial charge in [0.15, 0.2) is 0 Å². The van der Waals surface area contributed by atoms with E-state index in [1.807, 2.05) is 0 Å². The zero-order valence-electron chi connectivity index (χ0n) is 11.7. The molecule has 3 aromatic rings. The highest BCUT2D eigenvalue weighted by molar-refractivity contribution is 6.36. The molecule has 0 saturated carbocycles. The normalized spacial score (nSPS) is 10.6. The number of amides is 1. The summed E-state index contributed by atoms with van der Waals surface area (Å²) >= 11 is 11.9. The number of carbonyl (C=O) groups is 1. The van der Waals surface area contributed by atoms with Crippen molar-refractivity contribution in [2.24, 2.45) is 0 Å². The van der Waals surface area contributed by atoms with Gasteiger partial charge in [-0.05, 0) is 36.4 Å². The van der Waals surface area contributed by atoms with Gasteiger partial charge in [-0.2, -0.15) is 0 Å². The SMILES string of the molecule is O=C(N(Cl)c1ccc(F)cc1)n1cnc(-c2ccc(Cl)cc2)c1. The molecule has 0 aliphatic carbocycles. The fourth-order valence-electron chi connectivity index (χ4n) is 1.98. The molecular formula is C16H10Cl2FN3O. The van der Waals surface area contributed by atoms with Crippen molar-refractivity contribution in [2.45, 2.75) is 0 Å². The maximum atomic E-state index is 12.9. The molecule has 23 heavy (non-hydrogen) atoms. The van der Waals surface area contributed by atoms with Crippen LogP contribution in [0.2, 0.25) is 5.02 Å². The maximum Gasteiger partial charge on any atom is 0.348 e. The minimum atomic E-state index is -0.522. The van der Waals surface area contributed by atoms with E-state index in [1.54, 1.807) is 30.5 Å². The third-order valence-electron chi connectivity index (χ3n) is 3.16. The number of nitrogens with zero attached hydrogens (tertiary/aromatic N) is 3. The van der Waals surface area contributed by atoms with Crippen LogP contribution >= 0.6 is 23.4 Å². The van der Waals surface area contributed by atoms with Crippen LogP contribution in [-0.2, 0) is 0 Å². The molecule has 0 N–H and O–H groups in total. The summed E-state index contributed by atoms with van der Waals surface area (Å²) in [5, 5.41) is 0.618. The number of carbonyl (C=O) groups excluding carboxylic acids is 1. The molecule has 0 bridgehead atoms. The monoisotopic (exact) mass is 349 g/mol. The van der Waals surface area contributed by atoms with Gasteiger partial charge in [-0.3, -0.25) is 4.57 Å². The van der Waals surface area contributed by atoms with Crippen LogP contribution in [0.4, 0.5) is 14.9 Å². The molecule has 1 heterocycles. The zero-order valence-corrected chi connectivity index (χ0v) is 13.2. The van der Waals surface area contributed by atoms with Gasteiger partial charge >= 0.3 is 6.03 Å². The third kappa shape index (κ3) is 3.36. The van der Waals surface area contributed by atoms with Crippen molar-refractivity contribution in [3.05, 3.63) is 71.9 Å². The van der Waals surface area contributed by atoms with E-state index in [-0.39, 0.29) is 0 Å². The molecule has 0 atom stereocenters. The van der Waals surface area contributed by atoms with E-state index in [1.165, 1.54) is 35.2 Å². The molecule has 0 spiro atoms. The van der Waals surface area contributed by atoms with Crippen molar-refractivity contribution in [2.75, 3.05) is 4.42 Å². The molecule has 4 nitrogen and oxygen atoms in total. The lowest BCUT2D eigenvalue weighted by atomic mass is 10.2. The average molecular weight is 350 g/mol. The fraction of sp³-hybridized carbons (Fsp3) is 0. The number of hydrogen-bond acceptors (Lipinski definition) is 2. The molecule has 0 aliphatic heterocycles. The van der Waals surface area contributed by atoms with Gasteiger partial charge in [0.2, 0.25) is 0 Å². The molecular weight excluding hydrogens is 340 g/mol. The van der Waals surface area contributed by atoms with E-state index in [0.29, 0.717) is 16.4 Å². The van der Waals surface area contributed by atoms with Crippen LogP contribution in [0, 0.1) is 5.82 Å². The lowest BCUT2D eigenvalue weighted by Gasteiger charge is -2.13. The van der Waals surface area contributed by atoms with Crippen LogP contribution in [-0.4, -0.2) is 15.6 Å². The van der Waals surface area contributed by atoms with E-state index >= 15 is 0 Å². The molecule has 7 heteroatoms. The second-order valence-electron chi connectivity index (χ2n) is 4.71. The summed E-state index contributed by atoms with van der Waals surface area (Å²) in [6.07, 6.45) is 2.93. The van der Waals surface area contributed by atoms with Crippen LogP contribution < -0.4 is 4.42 Å². The van der Waals surface area contributed by atoms with E-state index in [0.717, 1.165) is 9.98 Å². The first kappa shape index (κ1) is 15.5. The lowest BCUT2D eigenvalue weighted by molar-refractivity contribution is 0.251. The first-order valence-corrected chi connectivity index (χ1v) is 7.32. The Balaban J connectivity index is 1.83. The highest BCUT2D eigenvalue weighted by Gasteiger charge is 2.16. The average Bonchev–Trinajstić information content (AvgIpc) is 3.05. The van der Waals surface area contributed by atoms with Crippen molar-refractivity contribution >= 4 is 35.1 Å². The van der Waals surface area contributed by atoms with E-state index in [9.17, 15) is 9.18 Å². The Morgan fingerprint density at radius 2 is 1.74 bits per heavy atom. The Labute approximate surface area is 141 Å². The van der Waals surface area contributed by atoms with Gasteiger partial charge in [-0.1, -0.05) is 23.7 Å². The molecule has 0 unspecified atom stereocenters. The molecule has 0 radical (unpaired) electrons. The Kier molecular flexibility index (Phi) is 4.32. The van der Waals surface area contributed by atoms with Crippen molar-refractivity contribution in [1.29, 1.82) is 0 Å². The summed E-state index contributed by atoms with van der Waals surface area (Å²) < 4.78 is 15.1. The first-order chi connectivity index (χ1) is 11.0. The Hall–Kier alpha value is -2.37. The van der Waals surface area contributed by atoms with Gasteiger partial charge in [-0.15, -0.1) is 0 Å². The highest BCUT2D eigenvalue weighted by atomic mass is 35.5. The van der Waals surface area contributed by atoms with Gasteiger partial charge in [0.25, 0.3) is 0 Å². The van der Waals surface area contributed by atoms with Crippen LogP contribution in [0.5, 0.6) is 0 Å². The summed E-state index contributed by atoms with van der Waals surface area (Å²) in [5.74, 6) is -0.404. The van der Waals surface area contributed by atoms with Gasteiger partial charge in [0.05, 0.1) is 11.4 Å². The maximum absolute atomic E-state index is 12.9. The number of aromatic nitrogens is 2. The van der Waals surface area contributed by atoms with E-state index in [2.05, 4.69) is 4.98 Å². The minimum Gasteiger partial charge on any atom is -0.256 e. The first-order valence-electron chi connectivity index (χ1n) is 6.60. The molecule has 1 aromatic heterocycles. The Morgan fingerprint density at radius 1 is 1.09 bits per heavy atom. The quantitative estimate of drug-likeness (QED) is 0.612. The standard InChI is InChI=1S/C16H10Cl2FN3O/c17-12-3-1-11(2-4-12)15-9-21(10-20-15)16(23)22(18)14-7-5-13(19)6-8-14/h1-10H. The Morgan fingerprint density at radius 3 is 2.39 bits per heavy atom. The van der Waals surface area contributed by atoms with Crippen LogP contribution in [0.1, 0.15) is 0 Å². The van der Waals surface area contributed by atoms with E-state index in [4.69, 9.17) is 23.4 Å². The Bertz CT molecular complexity index is 831. The number of anilines is 1. The second kappa shape index (κ2) is 6.40. The molecule has 2 aromatic carbocycles. The number of halogens is 3. The van der Waals surface area contributed by atoms with Gasteiger partial charge in [0.1, 0.15) is 12.1 Å². The molecule has 1 amide bonds. The minimum absolute atomic E-state index is 0.361. The van der Waals surface area contributed by atoms with Gasteiger partial charge in [0, 0.05) is 28.6 Å².